The number of nitrogens with zero attached hydrogens (tertiary/aromatic N) is 3. The molecule has 90 valence electrons. The van der Waals surface area contributed by atoms with Gasteiger partial charge in [0.1, 0.15) is 0 Å². The zero-order valence-electron chi connectivity index (χ0n) is 10.6. The van der Waals surface area contributed by atoms with Crippen LogP contribution in [0.5, 0.6) is 0 Å². The van der Waals surface area contributed by atoms with Crippen molar-refractivity contribution in [3.8, 4) is 11.3 Å². The van der Waals surface area contributed by atoms with Gasteiger partial charge < -0.3 is 4.57 Å². The smallest absolute Gasteiger partial charge is 0.0586 e. The van der Waals surface area contributed by atoms with Gasteiger partial charge >= 0.3 is 0 Å². The maximum absolute atomic E-state index is 4.41. The third kappa shape index (κ3) is 1.07. The van der Waals surface area contributed by atoms with Crippen molar-refractivity contribution >= 4 is 10.9 Å². The van der Waals surface area contributed by atoms with Crippen molar-refractivity contribution in [2.45, 2.75) is 12.8 Å². The lowest BCUT2D eigenvalue weighted by Gasteiger charge is -2.15. The molecule has 0 N–H and O–H groups in total. The van der Waals surface area contributed by atoms with Crippen LogP contribution in [0.15, 0.2) is 30.5 Å². The van der Waals surface area contributed by atoms with Crippen LogP contribution in [-0.2, 0) is 26.9 Å². The Morgan fingerprint density at radius 1 is 1.11 bits per heavy atom. The average molecular weight is 237 g/mol. The van der Waals surface area contributed by atoms with Gasteiger partial charge in [-0.05, 0) is 24.5 Å². The van der Waals surface area contributed by atoms with Crippen molar-refractivity contribution in [2.75, 3.05) is 0 Å². The summed E-state index contributed by atoms with van der Waals surface area (Å²) in [7, 11) is 4.19. The maximum Gasteiger partial charge on any atom is 0.0586 e. The van der Waals surface area contributed by atoms with Crippen LogP contribution in [0, 0.1) is 0 Å². The second kappa shape index (κ2) is 3.25. The van der Waals surface area contributed by atoms with E-state index in [0.29, 0.717) is 0 Å². The number of rotatable bonds is 0. The topological polar surface area (TPSA) is 22.8 Å². The predicted molar refractivity (Wildman–Crippen MR) is 72.5 cm³/mol. The zero-order chi connectivity index (χ0) is 12.3. The van der Waals surface area contributed by atoms with Gasteiger partial charge in [0.15, 0.2) is 0 Å². The van der Waals surface area contributed by atoms with Crippen molar-refractivity contribution < 1.29 is 0 Å². The molecule has 0 saturated carbocycles. The molecular weight excluding hydrogens is 222 g/mol. The first-order valence-electron chi connectivity index (χ1n) is 6.35. The van der Waals surface area contributed by atoms with E-state index >= 15 is 0 Å². The van der Waals surface area contributed by atoms with Gasteiger partial charge in [-0.3, -0.25) is 4.68 Å². The Morgan fingerprint density at radius 3 is 2.83 bits per heavy atom. The second-order valence-electron chi connectivity index (χ2n) is 5.03. The number of benzene rings is 1. The normalized spacial score (nSPS) is 13.7. The molecule has 1 aliphatic carbocycles. The molecule has 0 spiro atoms. The molecule has 3 aromatic rings. The molecule has 0 saturated heterocycles. The van der Waals surface area contributed by atoms with Crippen molar-refractivity contribution in [3.05, 3.63) is 41.7 Å². The summed E-state index contributed by atoms with van der Waals surface area (Å²) < 4.78 is 4.32. The molecule has 0 atom stereocenters. The van der Waals surface area contributed by atoms with Crippen molar-refractivity contribution in [2.24, 2.45) is 14.1 Å². The van der Waals surface area contributed by atoms with Gasteiger partial charge in [0.2, 0.25) is 0 Å². The van der Waals surface area contributed by atoms with Gasteiger partial charge in [0, 0.05) is 36.3 Å². The number of aryl methyl sites for hydroxylation is 3. The van der Waals surface area contributed by atoms with E-state index in [-0.39, 0.29) is 0 Å². The highest BCUT2D eigenvalue weighted by molar-refractivity contribution is 5.92. The molecule has 4 rings (SSSR count). The average Bonchev–Trinajstić information content (AvgIpc) is 2.91. The predicted octanol–water partition coefficient (Wildman–Crippen LogP) is 2.68. The largest absolute Gasteiger partial charge is 0.343 e. The molecule has 0 amide bonds. The molecule has 18 heavy (non-hydrogen) atoms. The SMILES string of the molecule is Cn1ncc2c1CCc1c-2n(C)c2ccccc12. The van der Waals surface area contributed by atoms with Crippen LogP contribution in [0.2, 0.25) is 0 Å². The van der Waals surface area contributed by atoms with Gasteiger partial charge in [0.05, 0.1) is 11.9 Å². The maximum atomic E-state index is 4.41. The number of para-hydroxylation sites is 1. The number of fused-ring (bicyclic) bond motifs is 5. The molecule has 0 bridgehead atoms. The summed E-state index contributed by atoms with van der Waals surface area (Å²) in [5, 5.41) is 5.80. The van der Waals surface area contributed by atoms with Gasteiger partial charge in [-0.15, -0.1) is 0 Å². The van der Waals surface area contributed by atoms with E-state index in [1.807, 2.05) is 17.9 Å². The van der Waals surface area contributed by atoms with Gasteiger partial charge in [-0.2, -0.15) is 5.10 Å². The number of hydrogen-bond acceptors (Lipinski definition) is 1. The first-order valence-corrected chi connectivity index (χ1v) is 6.35. The zero-order valence-corrected chi connectivity index (χ0v) is 10.6. The minimum Gasteiger partial charge on any atom is -0.343 e. The fraction of sp³-hybridized carbons (Fsp3) is 0.267. The van der Waals surface area contributed by atoms with Crippen LogP contribution < -0.4 is 0 Å². The summed E-state index contributed by atoms with van der Waals surface area (Å²) >= 11 is 0. The molecular formula is C15H15N3. The summed E-state index contributed by atoms with van der Waals surface area (Å²) in [5.41, 5.74) is 6.81. The molecule has 2 aromatic heterocycles. The number of aromatic nitrogens is 3. The second-order valence-corrected chi connectivity index (χ2v) is 5.03. The molecule has 0 aliphatic heterocycles. The monoisotopic (exact) mass is 237 g/mol. The fourth-order valence-corrected chi connectivity index (χ4v) is 3.27. The van der Waals surface area contributed by atoms with Gasteiger partial charge in [-0.25, -0.2) is 0 Å². The lowest BCUT2D eigenvalue weighted by Crippen LogP contribution is -2.08. The van der Waals surface area contributed by atoms with Crippen LogP contribution in [0.25, 0.3) is 22.2 Å². The molecule has 3 heteroatoms. The van der Waals surface area contributed by atoms with Crippen LogP contribution in [0.3, 0.4) is 0 Å². The quantitative estimate of drug-likeness (QED) is 0.589. The summed E-state index contributed by atoms with van der Waals surface area (Å²) in [5.74, 6) is 0. The lowest BCUT2D eigenvalue weighted by atomic mass is 9.94. The molecule has 0 fully saturated rings. The number of hydrogen-bond donors (Lipinski definition) is 0. The molecule has 0 unspecified atom stereocenters. The van der Waals surface area contributed by atoms with E-state index in [2.05, 4.69) is 41.0 Å². The van der Waals surface area contributed by atoms with E-state index < -0.39 is 0 Å². The molecule has 2 heterocycles. The van der Waals surface area contributed by atoms with E-state index in [4.69, 9.17) is 0 Å². The third-order valence-corrected chi connectivity index (χ3v) is 4.14. The minimum absolute atomic E-state index is 1.09. The third-order valence-electron chi connectivity index (χ3n) is 4.14. The first kappa shape index (κ1) is 9.95. The van der Waals surface area contributed by atoms with Crippen LogP contribution in [0.1, 0.15) is 11.3 Å². The Morgan fingerprint density at radius 2 is 1.94 bits per heavy atom. The first-order chi connectivity index (χ1) is 8.77. The fourth-order valence-electron chi connectivity index (χ4n) is 3.27. The summed E-state index contributed by atoms with van der Waals surface area (Å²) in [6, 6.07) is 8.67. The summed E-state index contributed by atoms with van der Waals surface area (Å²) in [6.45, 7) is 0. The minimum atomic E-state index is 1.09. The summed E-state index contributed by atoms with van der Waals surface area (Å²) in [6.07, 6.45) is 4.21. The standard InChI is InChI=1S/C15H15N3/c1-17-13-6-4-3-5-10(13)11-7-8-14-12(15(11)17)9-16-18(14)2/h3-6,9H,7-8H2,1-2H3. The molecule has 3 nitrogen and oxygen atoms in total. The Bertz CT molecular complexity index is 761. The van der Waals surface area contributed by atoms with E-state index in [9.17, 15) is 0 Å². The van der Waals surface area contributed by atoms with E-state index in [1.165, 1.54) is 33.4 Å². The Labute approximate surface area is 106 Å². The van der Waals surface area contributed by atoms with Crippen molar-refractivity contribution in [1.82, 2.24) is 14.3 Å². The molecule has 1 aliphatic rings. The highest BCUT2D eigenvalue weighted by Crippen LogP contribution is 2.38. The highest BCUT2D eigenvalue weighted by atomic mass is 15.3. The van der Waals surface area contributed by atoms with Crippen LogP contribution in [-0.4, -0.2) is 14.3 Å². The summed E-state index contributed by atoms with van der Waals surface area (Å²) in [4.78, 5) is 0. The van der Waals surface area contributed by atoms with Crippen LogP contribution in [0.4, 0.5) is 0 Å². The van der Waals surface area contributed by atoms with Gasteiger partial charge in [0.25, 0.3) is 0 Å². The Balaban J connectivity index is 2.16. The van der Waals surface area contributed by atoms with Crippen molar-refractivity contribution in [3.63, 3.8) is 0 Å². The van der Waals surface area contributed by atoms with Crippen LogP contribution >= 0.6 is 0 Å². The Hall–Kier alpha value is -2.03. The van der Waals surface area contributed by atoms with E-state index in [0.717, 1.165) is 12.8 Å². The van der Waals surface area contributed by atoms with Crippen molar-refractivity contribution in [1.29, 1.82) is 0 Å². The van der Waals surface area contributed by atoms with E-state index in [1.54, 1.807) is 0 Å². The van der Waals surface area contributed by atoms with Gasteiger partial charge in [-0.1, -0.05) is 18.2 Å². The molecule has 1 aromatic carbocycles. The Kier molecular flexibility index (Phi) is 1.80. The molecule has 0 radical (unpaired) electrons. The highest BCUT2D eigenvalue weighted by Gasteiger charge is 2.25. The lowest BCUT2D eigenvalue weighted by molar-refractivity contribution is 0.700.